The van der Waals surface area contributed by atoms with Crippen LogP contribution in [0.2, 0.25) is 0 Å². The standard InChI is InChI=1S/C57H53BN3Se/c1-32-15-14-17-39-38-16-12-13-18-44(38)61-47-25-33(19-22-46(47)59(11)54(61)51(32)39)34-26-48-52-50(27-34)62-49-24-21-36(56(5,6)7)30-42(49)58(52)43-31-37(57(8,9)10)29-41-40-28-35(55(2,3)4)20-23-45(40)60(48)53(41)43/h12-31H,1-11H3/q+1. The number of nitrogens with zero attached hydrogens (tertiary/aromatic N) is 3. The van der Waals surface area contributed by atoms with Crippen molar-refractivity contribution in [2.45, 2.75) is 85.5 Å². The molecule has 3 aromatic heterocycles. The number of para-hydroxylation sites is 1. The van der Waals surface area contributed by atoms with E-state index in [4.69, 9.17) is 0 Å². The van der Waals surface area contributed by atoms with Crippen LogP contribution in [-0.2, 0) is 23.3 Å². The van der Waals surface area contributed by atoms with Crippen molar-refractivity contribution in [3.05, 3.63) is 144 Å². The van der Waals surface area contributed by atoms with Crippen LogP contribution in [0.5, 0.6) is 0 Å². The summed E-state index contributed by atoms with van der Waals surface area (Å²) in [6.07, 6.45) is 0. The van der Waals surface area contributed by atoms with Gasteiger partial charge in [0.15, 0.2) is 0 Å². The van der Waals surface area contributed by atoms with Gasteiger partial charge in [-0.1, -0.05) is 0 Å². The Morgan fingerprint density at radius 1 is 0.532 bits per heavy atom. The number of fused-ring (bicyclic) bond motifs is 15. The van der Waals surface area contributed by atoms with Gasteiger partial charge in [0.05, 0.1) is 0 Å². The number of pyridine rings is 1. The molecule has 304 valence electrons. The van der Waals surface area contributed by atoms with E-state index < -0.39 is 0 Å². The maximum atomic E-state index is 2.67. The molecule has 7 aromatic carbocycles. The molecule has 0 saturated heterocycles. The van der Waals surface area contributed by atoms with E-state index in [2.05, 4.69) is 211 Å². The molecule has 5 heteroatoms. The quantitative estimate of drug-likeness (QED) is 0.0887. The third-order valence-corrected chi connectivity index (χ3v) is 16.8. The van der Waals surface area contributed by atoms with Crippen LogP contribution in [0.3, 0.4) is 0 Å². The fourth-order valence-electron chi connectivity index (χ4n) is 11.0. The molecule has 0 atom stereocenters. The van der Waals surface area contributed by atoms with Gasteiger partial charge >= 0.3 is 374 Å². The number of hydrogen-bond donors (Lipinski definition) is 0. The molecule has 0 N–H and O–H groups in total. The van der Waals surface area contributed by atoms with Crippen LogP contribution in [-0.4, -0.2) is 30.6 Å². The average Bonchev–Trinajstić information content (AvgIpc) is 3.72. The normalized spacial score (nSPS) is 14.0. The van der Waals surface area contributed by atoms with Crippen molar-refractivity contribution in [3.8, 4) is 16.8 Å². The van der Waals surface area contributed by atoms with E-state index in [1.54, 1.807) is 0 Å². The zero-order valence-corrected chi connectivity index (χ0v) is 39.6. The van der Waals surface area contributed by atoms with Crippen molar-refractivity contribution >= 4 is 107 Å². The van der Waals surface area contributed by atoms with E-state index in [1.165, 1.54) is 125 Å². The van der Waals surface area contributed by atoms with Crippen LogP contribution in [0.25, 0.3) is 77.0 Å². The summed E-state index contributed by atoms with van der Waals surface area (Å²) in [5.41, 5.74) is 21.5. The van der Waals surface area contributed by atoms with Crippen LogP contribution >= 0.6 is 0 Å². The van der Waals surface area contributed by atoms with Crippen LogP contribution in [0.4, 0.5) is 0 Å². The van der Waals surface area contributed by atoms with Gasteiger partial charge in [0, 0.05) is 0 Å². The minimum atomic E-state index is -0.00299. The van der Waals surface area contributed by atoms with Gasteiger partial charge in [0.25, 0.3) is 0 Å². The molecule has 10 aromatic rings. The molecule has 12 rings (SSSR count). The summed E-state index contributed by atoms with van der Waals surface area (Å²) in [6, 6.07) is 47.9. The number of imidazole rings is 1. The Hall–Kier alpha value is -5.61. The van der Waals surface area contributed by atoms with Crippen molar-refractivity contribution < 1.29 is 4.57 Å². The van der Waals surface area contributed by atoms with E-state index in [-0.39, 0.29) is 37.9 Å². The minimum absolute atomic E-state index is 0.00299. The number of aromatic nitrogens is 3. The Bertz CT molecular complexity index is 3640. The summed E-state index contributed by atoms with van der Waals surface area (Å²) in [7, 11) is 2.24. The summed E-state index contributed by atoms with van der Waals surface area (Å²) >= 11 is 0.133. The summed E-state index contributed by atoms with van der Waals surface area (Å²) in [5.74, 6) is 0. The second-order valence-corrected chi connectivity index (χ2v) is 23.7. The predicted octanol–water partition coefficient (Wildman–Crippen LogP) is 9.99. The zero-order valence-electron chi connectivity index (χ0n) is 37.9. The molecule has 0 bridgehead atoms. The van der Waals surface area contributed by atoms with E-state index in [9.17, 15) is 0 Å². The van der Waals surface area contributed by atoms with E-state index >= 15 is 0 Å². The Morgan fingerprint density at radius 2 is 1.23 bits per heavy atom. The predicted molar refractivity (Wildman–Crippen MR) is 268 cm³/mol. The molecule has 0 radical (unpaired) electrons. The number of aryl methyl sites for hydroxylation is 2. The number of benzene rings is 7. The van der Waals surface area contributed by atoms with Gasteiger partial charge in [-0.15, -0.1) is 0 Å². The van der Waals surface area contributed by atoms with Crippen molar-refractivity contribution in [1.29, 1.82) is 0 Å². The molecule has 0 amide bonds. The maximum absolute atomic E-state index is 2.67. The molecule has 2 aliphatic heterocycles. The summed E-state index contributed by atoms with van der Waals surface area (Å²) in [5, 5.41) is 6.64. The molecule has 2 aliphatic rings. The first-order chi connectivity index (χ1) is 29.5. The van der Waals surface area contributed by atoms with Crippen LogP contribution in [0.1, 0.15) is 84.6 Å². The molecule has 0 fully saturated rings. The van der Waals surface area contributed by atoms with Crippen LogP contribution in [0, 0.1) is 6.92 Å². The van der Waals surface area contributed by atoms with Gasteiger partial charge in [0.1, 0.15) is 0 Å². The molecule has 62 heavy (non-hydrogen) atoms. The molecule has 5 heterocycles. The summed E-state index contributed by atoms with van der Waals surface area (Å²) in [6.45, 7) is 23.6. The van der Waals surface area contributed by atoms with Crippen LogP contribution in [0.15, 0.2) is 121 Å². The first-order valence-electron chi connectivity index (χ1n) is 22.4. The van der Waals surface area contributed by atoms with Gasteiger partial charge < -0.3 is 0 Å². The zero-order chi connectivity index (χ0) is 42.9. The molecular weight excluding hydrogens is 816 g/mol. The fraction of sp³-hybridized carbons (Fsp3) is 0.246. The summed E-state index contributed by atoms with van der Waals surface area (Å²) < 4.78 is 10.6. The van der Waals surface area contributed by atoms with Crippen LogP contribution < -0.4 is 29.9 Å². The topological polar surface area (TPSA) is 13.2 Å². The summed E-state index contributed by atoms with van der Waals surface area (Å²) in [4.78, 5) is 0. The van der Waals surface area contributed by atoms with Crippen molar-refractivity contribution in [2.24, 2.45) is 7.05 Å². The Labute approximate surface area is 371 Å². The molecule has 3 nitrogen and oxygen atoms in total. The van der Waals surface area contributed by atoms with Crippen molar-refractivity contribution in [3.63, 3.8) is 0 Å². The third kappa shape index (κ3) is 5.22. The first kappa shape index (κ1) is 38.1. The second kappa shape index (κ2) is 12.5. The van der Waals surface area contributed by atoms with Gasteiger partial charge in [-0.3, -0.25) is 0 Å². The average molecular weight is 870 g/mol. The van der Waals surface area contributed by atoms with Gasteiger partial charge in [-0.2, -0.15) is 0 Å². The second-order valence-electron chi connectivity index (χ2n) is 21.4. The van der Waals surface area contributed by atoms with Crippen molar-refractivity contribution in [1.82, 2.24) is 8.97 Å². The molecule has 0 aliphatic carbocycles. The monoisotopic (exact) mass is 870 g/mol. The molecule has 0 unspecified atom stereocenters. The van der Waals surface area contributed by atoms with E-state index in [0.717, 1.165) is 0 Å². The third-order valence-electron chi connectivity index (χ3n) is 14.4. The van der Waals surface area contributed by atoms with Gasteiger partial charge in [-0.25, -0.2) is 0 Å². The van der Waals surface area contributed by atoms with Gasteiger partial charge in [0.2, 0.25) is 0 Å². The van der Waals surface area contributed by atoms with E-state index in [1.807, 2.05) is 0 Å². The van der Waals surface area contributed by atoms with E-state index in [0.29, 0.717) is 0 Å². The molecule has 0 saturated carbocycles. The number of hydrogen-bond acceptors (Lipinski definition) is 0. The Kier molecular flexibility index (Phi) is 7.70. The SMILES string of the molecule is Cc1cccc2c3ccccc3n3c4cc(-c5cc6c7c(c5)-n5c8ccc(C(C)(C)C)cc8c8cc(C(C)(C)C)cc(c85)B7c5cc(C(C)(C)C)ccc5[Se]6)ccc4[n+](C)c3c12. The first-order valence-corrected chi connectivity index (χ1v) is 24.1. The molecule has 0 spiro atoms. The fourth-order valence-corrected chi connectivity index (χ4v) is 13.5. The molecular formula is C57H53BN3Se+. The Balaban J connectivity index is 1.19. The van der Waals surface area contributed by atoms with Crippen molar-refractivity contribution in [2.75, 3.05) is 0 Å². The Morgan fingerprint density at radius 3 is 2.00 bits per heavy atom. The van der Waals surface area contributed by atoms with Gasteiger partial charge in [-0.05, 0) is 0 Å². The number of rotatable bonds is 1.